The highest BCUT2D eigenvalue weighted by atomic mass is 16.2. The summed E-state index contributed by atoms with van der Waals surface area (Å²) in [6, 6.07) is 8.92. The van der Waals surface area contributed by atoms with Crippen LogP contribution in [0.25, 0.3) is 0 Å². The molecule has 0 aromatic heterocycles. The van der Waals surface area contributed by atoms with Gasteiger partial charge >= 0.3 is 0 Å². The highest BCUT2D eigenvalue weighted by molar-refractivity contribution is 5.74. The van der Waals surface area contributed by atoms with Crippen molar-refractivity contribution < 1.29 is 4.79 Å². The molecule has 0 N–H and O–H groups in total. The first-order chi connectivity index (χ1) is 7.75. The van der Waals surface area contributed by atoms with Crippen molar-refractivity contribution in [2.75, 3.05) is 24.5 Å². The number of hydrogen-bond donors (Lipinski definition) is 0. The molecule has 1 aromatic carbocycles. The van der Waals surface area contributed by atoms with Gasteiger partial charge in [-0.1, -0.05) is 18.2 Å². The fourth-order valence-electron chi connectivity index (χ4n) is 2.91. The molecule has 3 heteroatoms. The van der Waals surface area contributed by atoms with E-state index in [-0.39, 0.29) is 5.91 Å². The van der Waals surface area contributed by atoms with E-state index in [1.54, 1.807) is 6.92 Å². The van der Waals surface area contributed by atoms with Crippen molar-refractivity contribution in [2.45, 2.75) is 19.4 Å². The van der Waals surface area contributed by atoms with Gasteiger partial charge < -0.3 is 9.80 Å². The molecule has 2 aliphatic heterocycles. The second kappa shape index (κ2) is 3.51. The first-order valence-electron chi connectivity index (χ1n) is 5.86. The van der Waals surface area contributed by atoms with Crippen molar-refractivity contribution in [2.24, 2.45) is 0 Å². The van der Waals surface area contributed by atoms with Crippen LogP contribution in [0, 0.1) is 0 Å². The Labute approximate surface area is 95.7 Å². The summed E-state index contributed by atoms with van der Waals surface area (Å²) in [5, 5.41) is 0. The highest BCUT2D eigenvalue weighted by Gasteiger charge is 2.33. The van der Waals surface area contributed by atoms with Crippen LogP contribution in [0.4, 0.5) is 5.69 Å². The van der Waals surface area contributed by atoms with Gasteiger partial charge in [-0.15, -0.1) is 0 Å². The molecule has 2 bridgehead atoms. The molecule has 84 valence electrons. The summed E-state index contributed by atoms with van der Waals surface area (Å²) >= 11 is 0. The van der Waals surface area contributed by atoms with Crippen molar-refractivity contribution in [1.82, 2.24) is 4.90 Å². The van der Waals surface area contributed by atoms with Gasteiger partial charge in [0.15, 0.2) is 0 Å². The van der Waals surface area contributed by atoms with Crippen LogP contribution in [0.3, 0.4) is 0 Å². The number of fused-ring (bicyclic) bond motifs is 4. The van der Waals surface area contributed by atoms with Crippen LogP contribution in [0.2, 0.25) is 0 Å². The summed E-state index contributed by atoms with van der Waals surface area (Å²) in [7, 11) is 0. The lowest BCUT2D eigenvalue weighted by molar-refractivity contribution is -0.131. The molecule has 1 saturated heterocycles. The maximum atomic E-state index is 11.5. The van der Waals surface area contributed by atoms with Crippen LogP contribution in [0.15, 0.2) is 24.3 Å². The third-order valence-corrected chi connectivity index (χ3v) is 3.68. The Hall–Kier alpha value is -1.51. The van der Waals surface area contributed by atoms with Crippen LogP contribution in [0.1, 0.15) is 12.5 Å². The van der Waals surface area contributed by atoms with E-state index < -0.39 is 0 Å². The number of piperazine rings is 1. The molecule has 3 rings (SSSR count). The van der Waals surface area contributed by atoms with Crippen LogP contribution in [-0.4, -0.2) is 36.5 Å². The Morgan fingerprint density at radius 1 is 1.31 bits per heavy atom. The van der Waals surface area contributed by atoms with Gasteiger partial charge in [-0.2, -0.15) is 0 Å². The lowest BCUT2D eigenvalue weighted by Gasteiger charge is -2.46. The average Bonchev–Trinajstić information content (AvgIpc) is 2.29. The number of nitrogens with zero attached hydrogens (tertiary/aromatic N) is 2. The minimum Gasteiger partial charge on any atom is -0.367 e. The summed E-state index contributed by atoms with van der Waals surface area (Å²) in [6.07, 6.45) is 1.01. The Kier molecular flexibility index (Phi) is 2.13. The SMILES string of the molecule is CC(=O)N1CCN2C[C@H]1Cc1ccccc12. The Bertz CT molecular complexity index is 430. The topological polar surface area (TPSA) is 23.6 Å². The molecule has 0 aliphatic carbocycles. The predicted octanol–water partition coefficient (Wildman–Crippen LogP) is 1.28. The van der Waals surface area contributed by atoms with E-state index in [0.717, 1.165) is 26.1 Å². The highest BCUT2D eigenvalue weighted by Crippen LogP contribution is 2.31. The van der Waals surface area contributed by atoms with Crippen LogP contribution in [0.5, 0.6) is 0 Å². The number of hydrogen-bond acceptors (Lipinski definition) is 2. The van der Waals surface area contributed by atoms with Crippen molar-refractivity contribution in [1.29, 1.82) is 0 Å². The number of benzene rings is 1. The molecule has 0 unspecified atom stereocenters. The summed E-state index contributed by atoms with van der Waals surface area (Å²) < 4.78 is 0. The summed E-state index contributed by atoms with van der Waals surface area (Å²) in [5.41, 5.74) is 2.74. The maximum absolute atomic E-state index is 11.5. The second-order valence-corrected chi connectivity index (χ2v) is 4.65. The van der Waals surface area contributed by atoms with E-state index in [0.29, 0.717) is 6.04 Å². The van der Waals surface area contributed by atoms with Crippen molar-refractivity contribution >= 4 is 11.6 Å². The van der Waals surface area contributed by atoms with Crippen LogP contribution < -0.4 is 4.90 Å². The molecule has 2 heterocycles. The molecule has 0 saturated carbocycles. The molecule has 0 spiro atoms. The Morgan fingerprint density at radius 2 is 2.12 bits per heavy atom. The van der Waals surface area contributed by atoms with E-state index in [4.69, 9.17) is 0 Å². The Balaban J connectivity index is 1.95. The van der Waals surface area contributed by atoms with E-state index >= 15 is 0 Å². The van der Waals surface area contributed by atoms with Gasteiger partial charge in [0, 0.05) is 32.2 Å². The minimum absolute atomic E-state index is 0.212. The van der Waals surface area contributed by atoms with Crippen LogP contribution in [-0.2, 0) is 11.2 Å². The molecule has 2 aliphatic rings. The molecular formula is C13H16N2O. The summed E-state index contributed by atoms with van der Waals surface area (Å²) in [4.78, 5) is 15.9. The lowest BCUT2D eigenvalue weighted by atomic mass is 9.94. The fourth-order valence-corrected chi connectivity index (χ4v) is 2.91. The van der Waals surface area contributed by atoms with E-state index in [2.05, 4.69) is 29.2 Å². The van der Waals surface area contributed by atoms with E-state index in [9.17, 15) is 4.79 Å². The van der Waals surface area contributed by atoms with Gasteiger partial charge in [0.25, 0.3) is 0 Å². The van der Waals surface area contributed by atoms with Crippen molar-refractivity contribution in [3.05, 3.63) is 29.8 Å². The fraction of sp³-hybridized carbons (Fsp3) is 0.462. The third kappa shape index (κ3) is 1.39. The Morgan fingerprint density at radius 3 is 2.94 bits per heavy atom. The smallest absolute Gasteiger partial charge is 0.219 e. The molecule has 1 fully saturated rings. The van der Waals surface area contributed by atoms with Crippen LogP contribution >= 0.6 is 0 Å². The van der Waals surface area contributed by atoms with Gasteiger partial charge in [-0.05, 0) is 18.1 Å². The van der Waals surface area contributed by atoms with Gasteiger partial charge in [0.05, 0.1) is 6.04 Å². The standard InChI is InChI=1S/C13H16N2O/c1-10(16)15-7-6-14-9-12(15)8-11-4-2-3-5-13(11)14/h2-5,12H,6-9H2,1H3/t12-/m1/s1. The first kappa shape index (κ1) is 9.70. The first-order valence-corrected chi connectivity index (χ1v) is 5.86. The summed E-state index contributed by atoms with van der Waals surface area (Å²) in [5.74, 6) is 0.212. The number of para-hydroxylation sites is 1. The minimum atomic E-state index is 0.212. The molecular weight excluding hydrogens is 200 g/mol. The van der Waals surface area contributed by atoms with E-state index in [1.165, 1.54) is 11.3 Å². The summed E-state index contributed by atoms with van der Waals surface area (Å²) in [6.45, 7) is 4.51. The molecule has 16 heavy (non-hydrogen) atoms. The van der Waals surface area contributed by atoms with E-state index in [1.807, 2.05) is 4.90 Å². The quantitative estimate of drug-likeness (QED) is 0.652. The number of amides is 1. The predicted molar refractivity (Wildman–Crippen MR) is 63.5 cm³/mol. The number of rotatable bonds is 0. The molecule has 0 radical (unpaired) electrons. The third-order valence-electron chi connectivity index (χ3n) is 3.68. The molecule has 1 amide bonds. The molecule has 3 nitrogen and oxygen atoms in total. The zero-order valence-electron chi connectivity index (χ0n) is 9.52. The zero-order chi connectivity index (χ0) is 11.1. The average molecular weight is 216 g/mol. The number of carbonyl (C=O) groups excluding carboxylic acids is 1. The largest absolute Gasteiger partial charge is 0.367 e. The monoisotopic (exact) mass is 216 g/mol. The maximum Gasteiger partial charge on any atom is 0.219 e. The second-order valence-electron chi connectivity index (χ2n) is 4.65. The number of carbonyl (C=O) groups is 1. The normalized spacial score (nSPS) is 22.9. The lowest BCUT2D eigenvalue weighted by Crippen LogP contribution is -2.57. The van der Waals surface area contributed by atoms with Crippen molar-refractivity contribution in [3.8, 4) is 0 Å². The van der Waals surface area contributed by atoms with Crippen molar-refractivity contribution in [3.63, 3.8) is 0 Å². The molecule has 1 aromatic rings. The van der Waals surface area contributed by atoms with Gasteiger partial charge in [0.2, 0.25) is 5.91 Å². The zero-order valence-corrected chi connectivity index (χ0v) is 9.52. The molecule has 1 atom stereocenters. The van der Waals surface area contributed by atoms with Gasteiger partial charge in [-0.3, -0.25) is 4.79 Å². The van der Waals surface area contributed by atoms with Gasteiger partial charge in [0.1, 0.15) is 0 Å². The number of anilines is 1. The van der Waals surface area contributed by atoms with Gasteiger partial charge in [-0.25, -0.2) is 0 Å².